The van der Waals surface area contributed by atoms with Gasteiger partial charge in [0, 0.05) is 11.1 Å². The maximum atomic E-state index is 12.8. The SMILES string of the molecule is COc1ccc(C(=O)Nc2cc(Cl)c(Cl)cc2Cl)cc1COc1ccc2ccccc2c1. The number of carbonyl (C=O) groups is 1. The number of hydrogen-bond acceptors (Lipinski definition) is 3. The van der Waals surface area contributed by atoms with E-state index in [-0.39, 0.29) is 12.5 Å². The number of nitrogens with one attached hydrogen (secondary N) is 1. The Balaban J connectivity index is 1.54. The molecule has 7 heteroatoms. The second kappa shape index (κ2) is 9.70. The topological polar surface area (TPSA) is 47.6 Å². The molecule has 0 radical (unpaired) electrons. The first-order valence-corrected chi connectivity index (χ1v) is 10.8. The Morgan fingerprint density at radius 3 is 2.38 bits per heavy atom. The number of ether oxygens (including phenoxy) is 2. The molecule has 4 aromatic rings. The van der Waals surface area contributed by atoms with Gasteiger partial charge in [-0.15, -0.1) is 0 Å². The number of benzene rings is 4. The number of amides is 1. The van der Waals surface area contributed by atoms with Crippen molar-refractivity contribution in [2.75, 3.05) is 12.4 Å². The number of rotatable bonds is 6. The second-order valence-corrected chi connectivity index (χ2v) is 8.25. The Morgan fingerprint density at radius 1 is 0.844 bits per heavy atom. The van der Waals surface area contributed by atoms with Crippen molar-refractivity contribution >= 4 is 57.2 Å². The average molecular weight is 487 g/mol. The van der Waals surface area contributed by atoms with E-state index in [4.69, 9.17) is 44.3 Å². The third-order valence-corrected chi connectivity index (χ3v) is 5.95. The van der Waals surface area contributed by atoms with Gasteiger partial charge in [0.15, 0.2) is 0 Å². The van der Waals surface area contributed by atoms with Crippen LogP contribution in [0.4, 0.5) is 5.69 Å². The molecule has 0 fully saturated rings. The predicted octanol–water partition coefficient (Wildman–Crippen LogP) is 7.64. The lowest BCUT2D eigenvalue weighted by atomic mass is 10.1. The van der Waals surface area contributed by atoms with Crippen LogP contribution >= 0.6 is 34.8 Å². The van der Waals surface area contributed by atoms with Gasteiger partial charge in [0.1, 0.15) is 18.1 Å². The highest BCUT2D eigenvalue weighted by Gasteiger charge is 2.14. The first-order valence-electron chi connectivity index (χ1n) is 9.69. The minimum Gasteiger partial charge on any atom is -0.496 e. The van der Waals surface area contributed by atoms with Gasteiger partial charge in [-0.2, -0.15) is 0 Å². The molecule has 0 unspecified atom stereocenters. The highest BCUT2D eigenvalue weighted by atomic mass is 35.5. The van der Waals surface area contributed by atoms with Crippen molar-refractivity contribution in [2.45, 2.75) is 6.61 Å². The predicted molar refractivity (Wildman–Crippen MR) is 131 cm³/mol. The third kappa shape index (κ3) is 4.94. The van der Waals surface area contributed by atoms with Crippen LogP contribution in [0.15, 0.2) is 72.8 Å². The lowest BCUT2D eigenvalue weighted by molar-refractivity contribution is 0.102. The van der Waals surface area contributed by atoms with Crippen molar-refractivity contribution in [2.24, 2.45) is 0 Å². The monoisotopic (exact) mass is 485 g/mol. The minimum absolute atomic E-state index is 0.232. The fourth-order valence-corrected chi connectivity index (χ4v) is 3.86. The molecular formula is C25H18Cl3NO3. The minimum atomic E-state index is -0.347. The van der Waals surface area contributed by atoms with Crippen molar-refractivity contribution in [1.82, 2.24) is 0 Å². The molecule has 4 aromatic carbocycles. The van der Waals surface area contributed by atoms with Gasteiger partial charge < -0.3 is 14.8 Å². The first kappa shape index (κ1) is 22.3. The zero-order valence-electron chi connectivity index (χ0n) is 17.0. The van der Waals surface area contributed by atoms with Gasteiger partial charge in [-0.1, -0.05) is 65.1 Å². The van der Waals surface area contributed by atoms with E-state index in [1.807, 2.05) is 42.5 Å². The van der Waals surface area contributed by atoms with Crippen LogP contribution in [-0.2, 0) is 6.61 Å². The molecule has 0 bridgehead atoms. The van der Waals surface area contributed by atoms with E-state index in [0.29, 0.717) is 32.1 Å². The van der Waals surface area contributed by atoms with Gasteiger partial charge in [-0.05, 0) is 53.2 Å². The molecule has 4 rings (SSSR count). The summed E-state index contributed by atoms with van der Waals surface area (Å²) >= 11 is 18.2. The molecule has 0 saturated carbocycles. The molecule has 0 aliphatic rings. The van der Waals surface area contributed by atoms with Crippen LogP contribution in [0.3, 0.4) is 0 Å². The highest BCUT2D eigenvalue weighted by Crippen LogP contribution is 2.33. The quantitative estimate of drug-likeness (QED) is 0.285. The van der Waals surface area contributed by atoms with Crippen LogP contribution < -0.4 is 14.8 Å². The van der Waals surface area contributed by atoms with Gasteiger partial charge >= 0.3 is 0 Å². The molecule has 0 aromatic heterocycles. The summed E-state index contributed by atoms with van der Waals surface area (Å²) in [6, 6.07) is 22.1. The maximum Gasteiger partial charge on any atom is 0.255 e. The largest absolute Gasteiger partial charge is 0.496 e. The van der Waals surface area contributed by atoms with E-state index in [1.54, 1.807) is 25.3 Å². The van der Waals surface area contributed by atoms with Crippen LogP contribution in [0.25, 0.3) is 10.8 Å². The van der Waals surface area contributed by atoms with E-state index in [9.17, 15) is 4.79 Å². The van der Waals surface area contributed by atoms with E-state index in [0.717, 1.165) is 22.1 Å². The Labute approximate surface area is 200 Å². The molecule has 1 amide bonds. The molecule has 4 nitrogen and oxygen atoms in total. The van der Waals surface area contributed by atoms with E-state index in [2.05, 4.69) is 5.32 Å². The number of fused-ring (bicyclic) bond motifs is 1. The summed E-state index contributed by atoms with van der Waals surface area (Å²) in [4.78, 5) is 12.8. The fraction of sp³-hybridized carbons (Fsp3) is 0.0800. The summed E-state index contributed by atoms with van der Waals surface area (Å²) in [5.74, 6) is 0.998. The Morgan fingerprint density at radius 2 is 1.59 bits per heavy atom. The fourth-order valence-electron chi connectivity index (χ4n) is 3.26. The molecule has 0 saturated heterocycles. The van der Waals surface area contributed by atoms with Crippen molar-refractivity contribution in [3.8, 4) is 11.5 Å². The molecule has 0 aliphatic carbocycles. The van der Waals surface area contributed by atoms with Crippen molar-refractivity contribution in [3.05, 3.63) is 99.0 Å². The van der Waals surface area contributed by atoms with Gasteiger partial charge in [0.25, 0.3) is 5.91 Å². The van der Waals surface area contributed by atoms with Crippen molar-refractivity contribution in [1.29, 1.82) is 0 Å². The number of hydrogen-bond donors (Lipinski definition) is 1. The number of carbonyl (C=O) groups excluding carboxylic acids is 1. The van der Waals surface area contributed by atoms with Crippen LogP contribution in [-0.4, -0.2) is 13.0 Å². The maximum absolute atomic E-state index is 12.8. The summed E-state index contributed by atoms with van der Waals surface area (Å²) < 4.78 is 11.4. The number of halogens is 3. The van der Waals surface area contributed by atoms with Crippen molar-refractivity contribution < 1.29 is 14.3 Å². The average Bonchev–Trinajstić information content (AvgIpc) is 2.80. The standard InChI is InChI=1S/C25H18Cl3NO3/c1-31-24-9-7-17(25(30)29-23-13-21(27)20(26)12-22(23)28)10-18(24)14-32-19-8-6-15-4-2-3-5-16(15)11-19/h2-13H,14H2,1H3,(H,29,30). The van der Waals surface area contributed by atoms with Crippen LogP contribution in [0.2, 0.25) is 15.1 Å². The van der Waals surface area contributed by atoms with E-state index >= 15 is 0 Å². The summed E-state index contributed by atoms with van der Waals surface area (Å²) in [5.41, 5.74) is 1.52. The zero-order chi connectivity index (χ0) is 22.7. The van der Waals surface area contributed by atoms with E-state index < -0.39 is 0 Å². The van der Waals surface area contributed by atoms with Crippen LogP contribution in [0, 0.1) is 0 Å². The normalized spacial score (nSPS) is 10.8. The van der Waals surface area contributed by atoms with Gasteiger partial charge in [0.2, 0.25) is 0 Å². The van der Waals surface area contributed by atoms with Crippen LogP contribution in [0.1, 0.15) is 15.9 Å². The molecule has 0 atom stereocenters. The number of methoxy groups -OCH3 is 1. The summed E-state index contributed by atoms with van der Waals surface area (Å²) in [7, 11) is 1.57. The molecule has 162 valence electrons. The number of anilines is 1. The van der Waals surface area contributed by atoms with Gasteiger partial charge in [-0.25, -0.2) is 0 Å². The third-order valence-electron chi connectivity index (χ3n) is 4.92. The summed E-state index contributed by atoms with van der Waals surface area (Å²) in [6.07, 6.45) is 0. The highest BCUT2D eigenvalue weighted by molar-refractivity contribution is 6.44. The molecule has 1 N–H and O–H groups in total. The van der Waals surface area contributed by atoms with E-state index in [1.165, 1.54) is 12.1 Å². The molecule has 0 heterocycles. The Hall–Kier alpha value is -2.92. The molecule has 32 heavy (non-hydrogen) atoms. The lowest BCUT2D eigenvalue weighted by Gasteiger charge is -2.13. The Kier molecular flexibility index (Phi) is 6.75. The first-order chi connectivity index (χ1) is 15.4. The molecule has 0 aliphatic heterocycles. The molecular weight excluding hydrogens is 469 g/mol. The lowest BCUT2D eigenvalue weighted by Crippen LogP contribution is -2.13. The second-order valence-electron chi connectivity index (χ2n) is 7.02. The summed E-state index contributed by atoms with van der Waals surface area (Å²) in [6.45, 7) is 0.232. The van der Waals surface area contributed by atoms with Gasteiger partial charge in [0.05, 0.1) is 27.9 Å². The summed E-state index contributed by atoms with van der Waals surface area (Å²) in [5, 5.41) is 5.88. The smallest absolute Gasteiger partial charge is 0.255 e. The van der Waals surface area contributed by atoms with Crippen LogP contribution in [0.5, 0.6) is 11.5 Å². The Bertz CT molecular complexity index is 1310. The molecule has 0 spiro atoms. The van der Waals surface area contributed by atoms with Gasteiger partial charge in [-0.3, -0.25) is 4.79 Å². The van der Waals surface area contributed by atoms with Crippen molar-refractivity contribution in [3.63, 3.8) is 0 Å². The zero-order valence-corrected chi connectivity index (χ0v) is 19.3.